The van der Waals surface area contributed by atoms with Crippen molar-refractivity contribution in [2.45, 2.75) is 24.5 Å². The molecule has 0 unspecified atom stereocenters. The van der Waals surface area contributed by atoms with Gasteiger partial charge in [0, 0.05) is 30.1 Å². The minimum absolute atomic E-state index is 0.143. The maximum absolute atomic E-state index is 13.1. The minimum atomic E-state index is -4.72. The van der Waals surface area contributed by atoms with Gasteiger partial charge >= 0.3 is 6.36 Å². The molecule has 2 saturated heterocycles. The van der Waals surface area contributed by atoms with Gasteiger partial charge in [-0.2, -0.15) is 0 Å². The first-order chi connectivity index (χ1) is 15.3. The van der Waals surface area contributed by atoms with Gasteiger partial charge in [-0.05, 0) is 18.2 Å². The highest BCUT2D eigenvalue weighted by Gasteiger charge is 2.52. The average Bonchev–Trinajstić information content (AvgIpc) is 3.45. The average molecular weight is 474 g/mol. The van der Waals surface area contributed by atoms with Gasteiger partial charge in [-0.3, -0.25) is 9.53 Å². The fourth-order valence-electron chi connectivity index (χ4n) is 3.81. The van der Waals surface area contributed by atoms with Crippen molar-refractivity contribution in [1.29, 1.82) is 0 Å². The Hall–Kier alpha value is -2.41. The number of benzene rings is 1. The van der Waals surface area contributed by atoms with Crippen LogP contribution in [0.4, 0.5) is 13.2 Å². The zero-order valence-corrected chi connectivity index (χ0v) is 17.9. The van der Waals surface area contributed by atoms with Gasteiger partial charge in [0.2, 0.25) is 0 Å². The first-order valence-corrected chi connectivity index (χ1v) is 10.7. The van der Waals surface area contributed by atoms with E-state index in [4.69, 9.17) is 18.9 Å². The van der Waals surface area contributed by atoms with Crippen LogP contribution in [0.5, 0.6) is 11.5 Å². The summed E-state index contributed by atoms with van der Waals surface area (Å²) >= 11 is 1.50. The highest BCUT2D eigenvalue weighted by Crippen LogP contribution is 2.43. The Kier molecular flexibility index (Phi) is 6.56. The molecule has 2 atom stereocenters. The van der Waals surface area contributed by atoms with Gasteiger partial charge in [0.15, 0.2) is 17.1 Å². The number of carbonyl (C=O) groups excluding carboxylic acids is 1. The van der Waals surface area contributed by atoms with E-state index in [0.29, 0.717) is 25.1 Å². The molecule has 8 nitrogen and oxygen atoms in total. The highest BCUT2D eigenvalue weighted by molar-refractivity contribution is 7.09. The molecule has 1 aromatic heterocycles. The summed E-state index contributed by atoms with van der Waals surface area (Å²) in [6.45, 7) is -0.0515. The maximum Gasteiger partial charge on any atom is 0.522 e. The van der Waals surface area contributed by atoms with E-state index in [9.17, 15) is 18.0 Å². The van der Waals surface area contributed by atoms with Crippen molar-refractivity contribution in [2.75, 3.05) is 40.2 Å². The predicted octanol–water partition coefficient (Wildman–Crippen LogP) is 3.18. The first kappa shape index (κ1) is 22.8. The SMILES string of the molecule is COc1cc(C(=O)N2CC[C@]3(c4nccs4)OCO[C@@H]3C2)ccc1OCCOC(F)(F)F. The molecule has 2 aliphatic heterocycles. The molecule has 2 fully saturated rings. The zero-order chi connectivity index (χ0) is 22.8. The van der Waals surface area contributed by atoms with Gasteiger partial charge in [-0.15, -0.1) is 24.5 Å². The van der Waals surface area contributed by atoms with Crippen LogP contribution in [-0.2, 0) is 19.8 Å². The number of amides is 1. The number of ether oxygens (including phenoxy) is 5. The van der Waals surface area contributed by atoms with Gasteiger partial charge in [0.05, 0.1) is 20.3 Å². The monoisotopic (exact) mass is 474 g/mol. The summed E-state index contributed by atoms with van der Waals surface area (Å²) < 4.78 is 62.1. The lowest BCUT2D eigenvalue weighted by Gasteiger charge is -2.40. The number of alkyl halides is 3. The van der Waals surface area contributed by atoms with Crippen molar-refractivity contribution in [1.82, 2.24) is 9.88 Å². The highest BCUT2D eigenvalue weighted by atomic mass is 32.1. The number of thiazole rings is 1. The van der Waals surface area contributed by atoms with E-state index in [2.05, 4.69) is 9.72 Å². The summed E-state index contributed by atoms with van der Waals surface area (Å²) in [6, 6.07) is 4.52. The van der Waals surface area contributed by atoms with Gasteiger partial charge < -0.3 is 23.8 Å². The molecule has 0 N–H and O–H groups in total. The van der Waals surface area contributed by atoms with Gasteiger partial charge in [-0.1, -0.05) is 0 Å². The van der Waals surface area contributed by atoms with E-state index in [-0.39, 0.29) is 36.9 Å². The van der Waals surface area contributed by atoms with E-state index in [1.807, 2.05) is 5.38 Å². The summed E-state index contributed by atoms with van der Waals surface area (Å²) in [4.78, 5) is 19.2. The number of aromatic nitrogens is 1. The third kappa shape index (κ3) is 4.68. The molecule has 2 aromatic rings. The topological polar surface area (TPSA) is 79.4 Å². The Balaban J connectivity index is 1.41. The number of halogens is 3. The number of nitrogens with zero attached hydrogens (tertiary/aromatic N) is 2. The standard InChI is InChI=1S/C20H21F3N2O6S/c1-27-15-10-13(2-3-14(15)28-7-8-30-20(21,22)23)17(26)25-6-4-19(18-24-5-9-32-18)16(11-25)29-12-31-19/h2-3,5,9-10,16H,4,6-8,11-12H2,1H3/t16-,19+/m1/s1. The van der Waals surface area contributed by atoms with Crippen LogP contribution in [0.1, 0.15) is 21.8 Å². The van der Waals surface area contributed by atoms with Crippen molar-refractivity contribution in [3.8, 4) is 11.5 Å². The van der Waals surface area contributed by atoms with Crippen LogP contribution in [-0.4, -0.2) is 68.5 Å². The smallest absolute Gasteiger partial charge is 0.493 e. The molecule has 2 aliphatic rings. The van der Waals surface area contributed by atoms with Crippen LogP contribution < -0.4 is 9.47 Å². The molecule has 0 aliphatic carbocycles. The zero-order valence-electron chi connectivity index (χ0n) is 17.1. The third-order valence-corrected chi connectivity index (χ3v) is 6.28. The number of hydrogen-bond acceptors (Lipinski definition) is 8. The molecule has 0 spiro atoms. The van der Waals surface area contributed by atoms with Crippen molar-refractivity contribution >= 4 is 17.2 Å². The number of hydrogen-bond donors (Lipinski definition) is 0. The summed E-state index contributed by atoms with van der Waals surface area (Å²) in [5, 5.41) is 2.72. The van der Waals surface area contributed by atoms with Crippen LogP contribution in [0.2, 0.25) is 0 Å². The number of likely N-dealkylation sites (tertiary alicyclic amines) is 1. The second-order valence-corrected chi connectivity index (χ2v) is 8.05. The molecular weight excluding hydrogens is 453 g/mol. The molecule has 1 aromatic carbocycles. The van der Waals surface area contributed by atoms with Gasteiger partial charge in [-0.25, -0.2) is 4.98 Å². The largest absolute Gasteiger partial charge is 0.522 e. The molecular formula is C20H21F3N2O6S. The minimum Gasteiger partial charge on any atom is -0.493 e. The number of carbonyl (C=O) groups is 1. The summed E-state index contributed by atoms with van der Waals surface area (Å²) in [5.74, 6) is 0.222. The predicted molar refractivity (Wildman–Crippen MR) is 106 cm³/mol. The fourth-order valence-corrected chi connectivity index (χ4v) is 4.67. The molecule has 12 heteroatoms. The van der Waals surface area contributed by atoms with Crippen molar-refractivity contribution in [3.05, 3.63) is 40.3 Å². The Bertz CT molecular complexity index is 942. The Morgan fingerprint density at radius 3 is 2.91 bits per heavy atom. The molecule has 0 bridgehead atoms. The van der Waals surface area contributed by atoms with Gasteiger partial charge in [0.25, 0.3) is 5.91 Å². The summed E-state index contributed by atoms with van der Waals surface area (Å²) in [6.07, 6.45) is -2.78. The Labute approximate surface area is 185 Å². The van der Waals surface area contributed by atoms with E-state index >= 15 is 0 Å². The normalized spacial score (nSPS) is 23.1. The number of rotatable bonds is 7. The van der Waals surface area contributed by atoms with Crippen molar-refractivity contribution in [3.63, 3.8) is 0 Å². The van der Waals surface area contributed by atoms with Crippen molar-refractivity contribution < 1.29 is 41.7 Å². The number of piperidine rings is 1. The molecule has 0 radical (unpaired) electrons. The molecule has 3 heterocycles. The maximum atomic E-state index is 13.1. The number of methoxy groups -OCH3 is 1. The fraction of sp³-hybridized carbons (Fsp3) is 0.500. The van der Waals surface area contributed by atoms with Crippen LogP contribution in [0.25, 0.3) is 0 Å². The molecule has 32 heavy (non-hydrogen) atoms. The summed E-state index contributed by atoms with van der Waals surface area (Å²) in [5.41, 5.74) is -0.278. The second kappa shape index (κ2) is 9.22. The van der Waals surface area contributed by atoms with E-state index in [0.717, 1.165) is 5.01 Å². The van der Waals surface area contributed by atoms with E-state index in [1.54, 1.807) is 17.2 Å². The lowest BCUT2D eigenvalue weighted by molar-refractivity contribution is -0.325. The lowest BCUT2D eigenvalue weighted by Crippen LogP contribution is -2.53. The van der Waals surface area contributed by atoms with Gasteiger partial charge in [0.1, 0.15) is 24.5 Å². The van der Waals surface area contributed by atoms with Crippen LogP contribution in [0, 0.1) is 0 Å². The first-order valence-electron chi connectivity index (χ1n) is 9.79. The van der Waals surface area contributed by atoms with Crippen LogP contribution in [0.15, 0.2) is 29.8 Å². The van der Waals surface area contributed by atoms with E-state index < -0.39 is 18.6 Å². The van der Waals surface area contributed by atoms with Crippen molar-refractivity contribution in [2.24, 2.45) is 0 Å². The third-order valence-electron chi connectivity index (χ3n) is 5.34. The Morgan fingerprint density at radius 1 is 1.34 bits per heavy atom. The molecule has 4 rings (SSSR count). The second-order valence-electron chi connectivity index (χ2n) is 7.15. The Morgan fingerprint density at radius 2 is 2.19 bits per heavy atom. The number of fused-ring (bicyclic) bond motifs is 1. The quantitative estimate of drug-likeness (QED) is 0.571. The molecule has 1 amide bonds. The molecule has 0 saturated carbocycles. The van der Waals surface area contributed by atoms with Crippen LogP contribution >= 0.6 is 11.3 Å². The summed E-state index contributed by atoms with van der Waals surface area (Å²) in [7, 11) is 1.38. The lowest BCUT2D eigenvalue weighted by atomic mass is 9.89. The van der Waals surface area contributed by atoms with Crippen LogP contribution in [0.3, 0.4) is 0 Å². The van der Waals surface area contributed by atoms with E-state index in [1.165, 1.54) is 30.6 Å². The molecule has 174 valence electrons.